The highest BCUT2D eigenvalue weighted by molar-refractivity contribution is 5.90. The Morgan fingerprint density at radius 2 is 2.04 bits per heavy atom. The first-order valence-corrected chi connectivity index (χ1v) is 7.67. The van der Waals surface area contributed by atoms with Gasteiger partial charge >= 0.3 is 0 Å². The van der Waals surface area contributed by atoms with Gasteiger partial charge in [0.15, 0.2) is 0 Å². The van der Waals surface area contributed by atoms with Crippen molar-refractivity contribution in [1.29, 1.82) is 5.41 Å². The highest BCUT2D eigenvalue weighted by Crippen LogP contribution is 2.07. The summed E-state index contributed by atoms with van der Waals surface area (Å²) in [6.45, 7) is 6.88. The third-order valence-electron chi connectivity index (χ3n) is 3.05. The number of hydrogen-bond donors (Lipinski definition) is 4. The Kier molecular flexibility index (Phi) is 11.1. The molecule has 0 aliphatic rings. The molecule has 0 rings (SSSR count). The van der Waals surface area contributed by atoms with Gasteiger partial charge in [-0.25, -0.2) is 4.39 Å². The third-order valence-corrected chi connectivity index (χ3v) is 3.05. The van der Waals surface area contributed by atoms with Crippen LogP contribution in [0.25, 0.3) is 0 Å². The molecule has 0 radical (unpaired) electrons. The van der Waals surface area contributed by atoms with Gasteiger partial charge in [0, 0.05) is 34.2 Å². The lowest BCUT2D eigenvalue weighted by molar-refractivity contribution is 0.545. The zero-order chi connectivity index (χ0) is 17.7. The zero-order valence-corrected chi connectivity index (χ0v) is 14.7. The van der Waals surface area contributed by atoms with Crippen molar-refractivity contribution in [3.05, 3.63) is 48.2 Å². The lowest BCUT2D eigenvalue weighted by Gasteiger charge is -2.17. The van der Waals surface area contributed by atoms with Crippen molar-refractivity contribution in [3.63, 3.8) is 0 Å². The van der Waals surface area contributed by atoms with Crippen LogP contribution in [-0.4, -0.2) is 45.0 Å². The molecule has 0 saturated heterocycles. The summed E-state index contributed by atoms with van der Waals surface area (Å²) in [5, 5.41) is 16.6. The molecule has 0 heterocycles. The fourth-order valence-corrected chi connectivity index (χ4v) is 1.76. The molecule has 0 bridgehead atoms. The smallest absolute Gasteiger partial charge is 0.122 e. The van der Waals surface area contributed by atoms with Crippen LogP contribution in [0.4, 0.5) is 4.39 Å². The minimum absolute atomic E-state index is 0.236. The van der Waals surface area contributed by atoms with Crippen molar-refractivity contribution in [3.8, 4) is 0 Å². The van der Waals surface area contributed by atoms with E-state index in [1.54, 1.807) is 37.3 Å². The second kappa shape index (κ2) is 12.3. The van der Waals surface area contributed by atoms with E-state index in [0.717, 1.165) is 24.4 Å². The zero-order valence-electron chi connectivity index (χ0n) is 14.7. The summed E-state index contributed by atoms with van der Waals surface area (Å²) in [6.07, 6.45) is 7.95. The number of amidine groups is 1. The lowest BCUT2D eigenvalue weighted by Crippen LogP contribution is -2.26. The third kappa shape index (κ3) is 11.0. The van der Waals surface area contributed by atoms with Gasteiger partial charge in [0.05, 0.1) is 5.82 Å². The summed E-state index contributed by atoms with van der Waals surface area (Å²) in [6, 6.07) is 0. The van der Waals surface area contributed by atoms with Crippen molar-refractivity contribution >= 4 is 5.84 Å². The summed E-state index contributed by atoms with van der Waals surface area (Å²) < 4.78 is 13.8. The maximum Gasteiger partial charge on any atom is 0.122 e. The van der Waals surface area contributed by atoms with E-state index in [1.807, 2.05) is 14.0 Å². The number of halogens is 1. The van der Waals surface area contributed by atoms with Crippen LogP contribution in [0.1, 0.15) is 19.8 Å². The van der Waals surface area contributed by atoms with Gasteiger partial charge in [-0.1, -0.05) is 12.2 Å². The van der Waals surface area contributed by atoms with Crippen LogP contribution < -0.4 is 16.0 Å². The van der Waals surface area contributed by atoms with Crippen LogP contribution in [0.2, 0.25) is 0 Å². The van der Waals surface area contributed by atoms with Gasteiger partial charge < -0.3 is 20.9 Å². The van der Waals surface area contributed by atoms with Crippen molar-refractivity contribution < 1.29 is 4.39 Å². The number of rotatable bonds is 11. The largest absolute Gasteiger partial charge is 0.394 e. The Morgan fingerprint density at radius 3 is 2.65 bits per heavy atom. The number of likely N-dealkylation sites (N-methyl/N-ethyl adjacent to an activating group) is 1. The second-order valence-electron chi connectivity index (χ2n) is 5.24. The minimum Gasteiger partial charge on any atom is -0.394 e. The lowest BCUT2D eigenvalue weighted by atomic mass is 10.2. The Balaban J connectivity index is 4.22. The van der Waals surface area contributed by atoms with Crippen LogP contribution >= 0.6 is 0 Å². The molecule has 0 aromatic carbocycles. The number of nitrogens with one attached hydrogen (secondary N) is 4. The molecule has 0 spiro atoms. The predicted molar refractivity (Wildman–Crippen MR) is 96.9 cm³/mol. The molecular weight excluding hydrogens is 293 g/mol. The highest BCUT2D eigenvalue weighted by Gasteiger charge is 2.02. The summed E-state index contributed by atoms with van der Waals surface area (Å²) in [5.74, 6) is 0.899. The van der Waals surface area contributed by atoms with E-state index < -0.39 is 0 Å². The Bertz CT molecular complexity index is 466. The Labute approximate surface area is 139 Å². The fraction of sp³-hybridized carbons (Fsp3) is 0.471. The van der Waals surface area contributed by atoms with Crippen LogP contribution in [-0.2, 0) is 0 Å². The van der Waals surface area contributed by atoms with Gasteiger partial charge in [0.1, 0.15) is 11.7 Å². The van der Waals surface area contributed by atoms with E-state index in [1.165, 1.54) is 6.08 Å². The molecule has 0 aliphatic heterocycles. The molecular formula is C17H30FN5. The van der Waals surface area contributed by atoms with Crippen molar-refractivity contribution in [2.24, 2.45) is 0 Å². The molecule has 0 aromatic heterocycles. The van der Waals surface area contributed by atoms with Crippen LogP contribution in [0, 0.1) is 5.41 Å². The molecule has 23 heavy (non-hydrogen) atoms. The predicted octanol–water partition coefficient (Wildman–Crippen LogP) is 2.49. The monoisotopic (exact) mass is 323 g/mol. The molecule has 130 valence electrons. The number of unbranched alkanes of at least 4 members (excludes halogenated alkanes) is 1. The molecule has 0 unspecified atom stereocenters. The molecule has 0 aromatic rings. The van der Waals surface area contributed by atoms with Gasteiger partial charge in [-0.15, -0.1) is 0 Å². The standard InChI is InChI=1S/C17H30FN5/c1-14(13-23(5)17(19)9-11-20-3)12-16(18)8-6-7-10-22-15(2)21-4/h8-9,11-12,19-22H,2,6-7,10,13H2,1,3-5H3/b11-9-,14-12+,16-8+,19-17?. The van der Waals surface area contributed by atoms with Crippen molar-refractivity contribution in [2.45, 2.75) is 19.8 Å². The number of allylic oxidation sites excluding steroid dienone is 3. The van der Waals surface area contributed by atoms with E-state index in [2.05, 4.69) is 22.5 Å². The first-order valence-electron chi connectivity index (χ1n) is 7.67. The van der Waals surface area contributed by atoms with Crippen LogP contribution in [0.3, 0.4) is 0 Å². The topological polar surface area (TPSA) is 63.2 Å². The molecule has 0 saturated carbocycles. The quantitative estimate of drug-likeness (QED) is 0.204. The van der Waals surface area contributed by atoms with E-state index >= 15 is 0 Å². The Morgan fingerprint density at radius 1 is 1.35 bits per heavy atom. The Hall–Kier alpha value is -2.24. The first-order chi connectivity index (χ1) is 10.9. The molecule has 0 amide bonds. The summed E-state index contributed by atoms with van der Waals surface area (Å²) in [4.78, 5) is 1.75. The summed E-state index contributed by atoms with van der Waals surface area (Å²) >= 11 is 0. The van der Waals surface area contributed by atoms with Gasteiger partial charge in [-0.2, -0.15) is 0 Å². The van der Waals surface area contributed by atoms with Gasteiger partial charge in [0.25, 0.3) is 0 Å². The maximum atomic E-state index is 13.8. The average molecular weight is 323 g/mol. The minimum atomic E-state index is -0.236. The van der Waals surface area contributed by atoms with E-state index in [-0.39, 0.29) is 5.83 Å². The average Bonchev–Trinajstić information content (AvgIpc) is 2.51. The maximum absolute atomic E-state index is 13.8. The van der Waals surface area contributed by atoms with Crippen LogP contribution in [0.15, 0.2) is 48.2 Å². The van der Waals surface area contributed by atoms with Crippen molar-refractivity contribution in [2.75, 3.05) is 34.2 Å². The number of hydrogen-bond acceptors (Lipinski definition) is 4. The summed E-state index contributed by atoms with van der Waals surface area (Å²) in [5.41, 5.74) is 0.866. The summed E-state index contributed by atoms with van der Waals surface area (Å²) in [7, 11) is 5.38. The first kappa shape index (κ1) is 20.8. The highest BCUT2D eigenvalue weighted by atomic mass is 19.1. The molecule has 0 aliphatic carbocycles. The van der Waals surface area contributed by atoms with Gasteiger partial charge in [-0.3, -0.25) is 5.41 Å². The molecule has 0 fully saturated rings. The molecule has 0 atom stereocenters. The fourth-order valence-electron chi connectivity index (χ4n) is 1.76. The second-order valence-corrected chi connectivity index (χ2v) is 5.24. The molecule has 5 nitrogen and oxygen atoms in total. The normalized spacial score (nSPS) is 12.2. The number of nitrogens with zero attached hydrogens (tertiary/aromatic N) is 1. The van der Waals surface area contributed by atoms with Crippen molar-refractivity contribution in [1.82, 2.24) is 20.9 Å². The van der Waals surface area contributed by atoms with E-state index in [4.69, 9.17) is 5.41 Å². The van der Waals surface area contributed by atoms with E-state index in [0.29, 0.717) is 18.8 Å². The van der Waals surface area contributed by atoms with E-state index in [9.17, 15) is 4.39 Å². The van der Waals surface area contributed by atoms with Gasteiger partial charge in [-0.05, 0) is 44.2 Å². The van der Waals surface area contributed by atoms with Gasteiger partial charge in [0.2, 0.25) is 0 Å². The van der Waals surface area contributed by atoms with Crippen LogP contribution in [0.5, 0.6) is 0 Å². The molecule has 4 N–H and O–H groups in total. The molecule has 6 heteroatoms. The SMILES string of the molecule is C=C(NC)NCCC/C=C(F)\C=C(/C)CN(C)C(=N)/C=C\NC.